The van der Waals surface area contributed by atoms with Crippen LogP contribution in [0.25, 0.3) is 6.08 Å². The van der Waals surface area contributed by atoms with E-state index in [1.54, 1.807) is 24.3 Å². The number of rotatable bonds is 4. The fraction of sp³-hybridized carbons (Fsp3) is 0.0588. The first kappa shape index (κ1) is 19.1. The van der Waals surface area contributed by atoms with Crippen molar-refractivity contribution >= 4 is 56.8 Å². The van der Waals surface area contributed by atoms with Crippen molar-refractivity contribution in [2.24, 2.45) is 0 Å². The molecular formula is C17H11BrCl2N2O3. The van der Waals surface area contributed by atoms with Crippen molar-refractivity contribution in [3.05, 3.63) is 56.0 Å². The van der Waals surface area contributed by atoms with Crippen molar-refractivity contribution in [2.75, 3.05) is 12.4 Å². The van der Waals surface area contributed by atoms with Crippen LogP contribution in [0.4, 0.5) is 5.69 Å². The maximum atomic E-state index is 12.3. The zero-order valence-corrected chi connectivity index (χ0v) is 15.9. The minimum Gasteiger partial charge on any atom is -0.503 e. The number of hydrogen-bond acceptors (Lipinski definition) is 4. The maximum Gasteiger partial charge on any atom is 0.266 e. The van der Waals surface area contributed by atoms with Gasteiger partial charge < -0.3 is 15.2 Å². The quantitative estimate of drug-likeness (QED) is 0.515. The third-order valence-electron chi connectivity index (χ3n) is 3.15. The van der Waals surface area contributed by atoms with Crippen LogP contribution in [-0.2, 0) is 4.79 Å². The summed E-state index contributed by atoms with van der Waals surface area (Å²) in [6.45, 7) is 0. The third kappa shape index (κ3) is 4.45. The Kier molecular flexibility index (Phi) is 6.32. The molecule has 0 saturated heterocycles. The molecule has 0 aliphatic heterocycles. The van der Waals surface area contributed by atoms with Crippen molar-refractivity contribution in [1.82, 2.24) is 0 Å². The van der Waals surface area contributed by atoms with Gasteiger partial charge in [-0.3, -0.25) is 4.79 Å². The molecule has 0 spiro atoms. The topological polar surface area (TPSA) is 82.3 Å². The maximum absolute atomic E-state index is 12.3. The Morgan fingerprint density at radius 3 is 2.76 bits per heavy atom. The molecule has 2 aromatic rings. The summed E-state index contributed by atoms with van der Waals surface area (Å²) >= 11 is 15.1. The number of phenolic OH excluding ortho intramolecular Hbond substituents is 1. The van der Waals surface area contributed by atoms with Gasteiger partial charge in [0.1, 0.15) is 11.6 Å². The number of ether oxygens (including phenoxy) is 1. The summed E-state index contributed by atoms with van der Waals surface area (Å²) in [4.78, 5) is 12.3. The molecule has 0 aliphatic rings. The molecule has 2 N–H and O–H groups in total. The van der Waals surface area contributed by atoms with Crippen molar-refractivity contribution in [1.29, 1.82) is 5.26 Å². The molecule has 0 radical (unpaired) electrons. The molecule has 8 heteroatoms. The third-order valence-corrected chi connectivity index (χ3v) is 4.57. The van der Waals surface area contributed by atoms with E-state index in [9.17, 15) is 15.2 Å². The van der Waals surface area contributed by atoms with Crippen LogP contribution in [0.1, 0.15) is 5.56 Å². The van der Waals surface area contributed by atoms with Gasteiger partial charge in [0.15, 0.2) is 11.5 Å². The van der Waals surface area contributed by atoms with E-state index in [1.807, 2.05) is 6.07 Å². The number of carbonyl (C=O) groups is 1. The van der Waals surface area contributed by atoms with Crippen LogP contribution < -0.4 is 10.1 Å². The monoisotopic (exact) mass is 440 g/mol. The van der Waals surface area contributed by atoms with Gasteiger partial charge in [0.05, 0.1) is 27.3 Å². The van der Waals surface area contributed by atoms with Crippen LogP contribution in [0.5, 0.6) is 11.5 Å². The van der Waals surface area contributed by atoms with E-state index in [4.69, 9.17) is 27.9 Å². The number of anilines is 1. The Balaban J connectivity index is 2.34. The zero-order chi connectivity index (χ0) is 18.6. The predicted octanol–water partition coefficient (Wildman–Crippen LogP) is 5.02. The van der Waals surface area contributed by atoms with Crippen molar-refractivity contribution < 1.29 is 14.6 Å². The second kappa shape index (κ2) is 8.26. The van der Waals surface area contributed by atoms with Crippen LogP contribution in [0, 0.1) is 11.3 Å². The molecule has 25 heavy (non-hydrogen) atoms. The number of nitrogens with zero attached hydrogens (tertiary/aromatic N) is 1. The molecule has 5 nitrogen and oxygen atoms in total. The number of nitriles is 1. The average Bonchev–Trinajstić information content (AvgIpc) is 2.59. The van der Waals surface area contributed by atoms with Gasteiger partial charge in [-0.1, -0.05) is 29.3 Å². The highest BCUT2D eigenvalue weighted by atomic mass is 79.9. The SMILES string of the molecule is COc1cc(C=C(C#N)C(=O)Nc2cccc(Cl)c2Cl)cc(Br)c1O. The lowest BCUT2D eigenvalue weighted by atomic mass is 10.1. The molecule has 2 rings (SSSR count). The first-order valence-corrected chi connectivity index (χ1v) is 8.36. The number of hydrogen-bond donors (Lipinski definition) is 2. The smallest absolute Gasteiger partial charge is 0.266 e. The molecule has 0 unspecified atom stereocenters. The molecule has 1 amide bonds. The Morgan fingerprint density at radius 2 is 2.12 bits per heavy atom. The number of amides is 1. The number of phenols is 1. The van der Waals surface area contributed by atoms with Gasteiger partial charge in [-0.05, 0) is 51.8 Å². The summed E-state index contributed by atoms with van der Waals surface area (Å²) in [5.41, 5.74) is 0.630. The van der Waals surface area contributed by atoms with E-state index in [1.165, 1.54) is 19.3 Å². The second-order valence-electron chi connectivity index (χ2n) is 4.78. The van der Waals surface area contributed by atoms with E-state index in [2.05, 4.69) is 21.2 Å². The summed E-state index contributed by atoms with van der Waals surface area (Å²) in [7, 11) is 1.40. The van der Waals surface area contributed by atoms with Gasteiger partial charge >= 0.3 is 0 Å². The van der Waals surface area contributed by atoms with Crippen molar-refractivity contribution in [3.8, 4) is 17.6 Å². The van der Waals surface area contributed by atoms with Crippen LogP contribution in [-0.4, -0.2) is 18.1 Å². The Morgan fingerprint density at radius 1 is 1.40 bits per heavy atom. The number of aromatic hydroxyl groups is 1. The van der Waals surface area contributed by atoms with Crippen molar-refractivity contribution in [3.63, 3.8) is 0 Å². The Labute approximate surface area is 162 Å². The summed E-state index contributed by atoms with van der Waals surface area (Å²) in [6.07, 6.45) is 1.36. The summed E-state index contributed by atoms with van der Waals surface area (Å²) in [5, 5.41) is 22.1. The molecule has 0 saturated carbocycles. The van der Waals surface area contributed by atoms with Crippen LogP contribution in [0.15, 0.2) is 40.4 Å². The number of methoxy groups -OCH3 is 1. The molecule has 128 valence electrons. The molecular weight excluding hydrogens is 431 g/mol. The van der Waals surface area contributed by atoms with E-state index in [-0.39, 0.29) is 27.1 Å². The fourth-order valence-corrected chi connectivity index (χ4v) is 2.75. The molecule has 0 heterocycles. The highest BCUT2D eigenvalue weighted by Crippen LogP contribution is 2.36. The van der Waals surface area contributed by atoms with Gasteiger partial charge in [-0.25, -0.2) is 0 Å². The lowest BCUT2D eigenvalue weighted by Gasteiger charge is -2.09. The van der Waals surface area contributed by atoms with Gasteiger partial charge in [0.2, 0.25) is 0 Å². The highest BCUT2D eigenvalue weighted by molar-refractivity contribution is 9.10. The summed E-state index contributed by atoms with van der Waals surface area (Å²) in [5.74, 6) is -0.514. The lowest BCUT2D eigenvalue weighted by Crippen LogP contribution is -2.13. The van der Waals surface area contributed by atoms with Gasteiger partial charge in [0, 0.05) is 0 Å². The van der Waals surface area contributed by atoms with Crippen LogP contribution in [0.2, 0.25) is 10.0 Å². The largest absolute Gasteiger partial charge is 0.503 e. The standard InChI is InChI=1S/C17H11BrCl2N2O3/c1-25-14-7-9(6-11(18)16(14)23)5-10(8-21)17(24)22-13-4-2-3-12(19)15(13)20/h2-7,23H,1H3,(H,22,24). The number of carbonyl (C=O) groups excluding carboxylic acids is 1. The van der Waals surface area contributed by atoms with Gasteiger partial charge in [-0.2, -0.15) is 5.26 Å². The molecule has 0 bridgehead atoms. The van der Waals surface area contributed by atoms with Gasteiger partial charge in [-0.15, -0.1) is 0 Å². The minimum atomic E-state index is -0.644. The van der Waals surface area contributed by atoms with Gasteiger partial charge in [0.25, 0.3) is 5.91 Å². The minimum absolute atomic E-state index is 0.0756. The van der Waals surface area contributed by atoms with E-state index in [0.29, 0.717) is 15.7 Å². The number of nitrogens with one attached hydrogen (secondary N) is 1. The van der Waals surface area contributed by atoms with E-state index < -0.39 is 5.91 Å². The first-order chi connectivity index (χ1) is 11.9. The van der Waals surface area contributed by atoms with E-state index in [0.717, 1.165) is 0 Å². The van der Waals surface area contributed by atoms with Crippen molar-refractivity contribution in [2.45, 2.75) is 0 Å². The first-order valence-electron chi connectivity index (χ1n) is 6.81. The average molecular weight is 442 g/mol. The molecule has 0 atom stereocenters. The normalized spacial score (nSPS) is 10.9. The molecule has 0 aliphatic carbocycles. The molecule has 2 aromatic carbocycles. The number of halogens is 3. The number of benzene rings is 2. The highest BCUT2D eigenvalue weighted by Gasteiger charge is 2.14. The Hall–Kier alpha value is -2.20. The van der Waals surface area contributed by atoms with Crippen LogP contribution in [0.3, 0.4) is 0 Å². The molecule has 0 fully saturated rings. The Bertz CT molecular complexity index is 907. The van der Waals surface area contributed by atoms with E-state index >= 15 is 0 Å². The predicted molar refractivity (Wildman–Crippen MR) is 101 cm³/mol. The zero-order valence-electron chi connectivity index (χ0n) is 12.8. The van der Waals surface area contributed by atoms with Crippen LogP contribution >= 0.6 is 39.1 Å². The molecule has 0 aromatic heterocycles. The summed E-state index contributed by atoms with van der Waals surface area (Å²) < 4.78 is 5.41. The fourth-order valence-electron chi connectivity index (χ4n) is 1.94. The second-order valence-corrected chi connectivity index (χ2v) is 6.42. The lowest BCUT2D eigenvalue weighted by molar-refractivity contribution is -0.112. The summed E-state index contributed by atoms with van der Waals surface area (Å²) in [6, 6.07) is 9.66.